The highest BCUT2D eigenvalue weighted by molar-refractivity contribution is 5.58. The lowest BCUT2D eigenvalue weighted by Gasteiger charge is -2.29. The molecule has 0 bridgehead atoms. The van der Waals surface area contributed by atoms with Crippen molar-refractivity contribution in [2.75, 3.05) is 30.3 Å². The maximum absolute atomic E-state index is 10.7. The Morgan fingerprint density at radius 1 is 1.63 bits per heavy atom. The molecule has 1 aliphatic rings. The minimum atomic E-state index is -0.507. The van der Waals surface area contributed by atoms with E-state index in [-0.39, 0.29) is 11.5 Å². The molecule has 1 aliphatic heterocycles. The van der Waals surface area contributed by atoms with Crippen LogP contribution >= 0.6 is 0 Å². The van der Waals surface area contributed by atoms with E-state index in [0.29, 0.717) is 6.04 Å². The minimum Gasteiger partial charge on any atom is -0.378 e. The Labute approximate surface area is 112 Å². The molecule has 19 heavy (non-hydrogen) atoms. The highest BCUT2D eigenvalue weighted by atomic mass is 16.6. The van der Waals surface area contributed by atoms with Crippen LogP contribution in [-0.4, -0.2) is 35.6 Å². The van der Waals surface area contributed by atoms with Crippen molar-refractivity contribution in [1.82, 2.24) is 10.3 Å². The first-order valence-electron chi connectivity index (χ1n) is 6.51. The number of aromatic nitrogens is 1. The van der Waals surface area contributed by atoms with Crippen LogP contribution in [0.1, 0.15) is 19.8 Å². The number of nitrogen functional groups attached to an aromatic ring is 1. The molecular weight excluding hydrogens is 246 g/mol. The van der Waals surface area contributed by atoms with Gasteiger partial charge in [-0.1, -0.05) is 6.92 Å². The van der Waals surface area contributed by atoms with Crippen molar-refractivity contribution < 1.29 is 4.92 Å². The zero-order valence-electron chi connectivity index (χ0n) is 11.0. The van der Waals surface area contributed by atoms with Gasteiger partial charge in [-0.15, -0.1) is 0 Å². The average Bonchev–Trinajstić information content (AvgIpc) is 2.89. The number of anilines is 2. The van der Waals surface area contributed by atoms with E-state index in [9.17, 15) is 10.1 Å². The van der Waals surface area contributed by atoms with Gasteiger partial charge >= 0.3 is 5.69 Å². The van der Waals surface area contributed by atoms with E-state index in [1.54, 1.807) is 6.07 Å². The summed E-state index contributed by atoms with van der Waals surface area (Å²) in [5, 5.41) is 14.1. The first-order valence-corrected chi connectivity index (χ1v) is 6.51. The summed E-state index contributed by atoms with van der Waals surface area (Å²) in [5.74, 6) is 0.702. The third-order valence-electron chi connectivity index (χ3n) is 3.32. The van der Waals surface area contributed by atoms with E-state index in [1.807, 2.05) is 0 Å². The molecule has 0 saturated carbocycles. The molecule has 3 N–H and O–H groups in total. The third-order valence-corrected chi connectivity index (χ3v) is 3.32. The molecule has 0 radical (unpaired) electrons. The summed E-state index contributed by atoms with van der Waals surface area (Å²) in [4.78, 5) is 16.6. The van der Waals surface area contributed by atoms with Gasteiger partial charge in [-0.05, 0) is 25.5 Å². The fraction of sp³-hybridized carbons (Fsp3) is 0.583. The number of hydrogen-bond acceptors (Lipinski definition) is 6. The molecule has 0 aliphatic carbocycles. The van der Waals surface area contributed by atoms with Gasteiger partial charge in [-0.25, -0.2) is 4.98 Å². The molecule has 0 amide bonds. The number of pyridine rings is 1. The number of nitrogens with one attached hydrogen (secondary N) is 1. The van der Waals surface area contributed by atoms with E-state index >= 15 is 0 Å². The van der Waals surface area contributed by atoms with Gasteiger partial charge in [0, 0.05) is 25.2 Å². The largest absolute Gasteiger partial charge is 0.378 e. The quantitative estimate of drug-likeness (QED) is 0.612. The van der Waals surface area contributed by atoms with Gasteiger partial charge in [0.05, 0.1) is 4.92 Å². The average molecular weight is 265 g/mol. The van der Waals surface area contributed by atoms with Crippen molar-refractivity contribution >= 4 is 17.3 Å². The van der Waals surface area contributed by atoms with Gasteiger partial charge in [0.1, 0.15) is 5.82 Å². The summed E-state index contributed by atoms with van der Waals surface area (Å²) >= 11 is 0. The number of rotatable bonds is 5. The van der Waals surface area contributed by atoms with Crippen molar-refractivity contribution in [2.24, 2.45) is 0 Å². The molecular formula is C12H19N5O2. The summed E-state index contributed by atoms with van der Waals surface area (Å²) in [6, 6.07) is 3.50. The maximum Gasteiger partial charge on any atom is 0.311 e. The zero-order chi connectivity index (χ0) is 13.8. The molecule has 1 atom stereocenters. The van der Waals surface area contributed by atoms with E-state index in [2.05, 4.69) is 22.1 Å². The van der Waals surface area contributed by atoms with Crippen LogP contribution in [0.5, 0.6) is 0 Å². The highest BCUT2D eigenvalue weighted by Gasteiger charge is 2.24. The molecule has 1 fully saturated rings. The van der Waals surface area contributed by atoms with E-state index in [4.69, 9.17) is 5.73 Å². The van der Waals surface area contributed by atoms with Crippen molar-refractivity contribution in [3.8, 4) is 0 Å². The maximum atomic E-state index is 10.7. The van der Waals surface area contributed by atoms with Crippen molar-refractivity contribution in [1.29, 1.82) is 0 Å². The standard InChI is InChI=1S/C12H19N5O2/c1-2-7-16(9-5-6-14-8-9)11-4-3-10(17(18)19)12(13)15-11/h3-4,9,14H,2,5-8H2,1H3,(H2,13,15). The van der Waals surface area contributed by atoms with Crippen molar-refractivity contribution in [2.45, 2.75) is 25.8 Å². The van der Waals surface area contributed by atoms with Crippen LogP contribution in [0.4, 0.5) is 17.3 Å². The fourth-order valence-corrected chi connectivity index (χ4v) is 2.40. The SMILES string of the molecule is CCCN(c1ccc([N+](=O)[O-])c(N)n1)C1CCNC1. The molecule has 1 unspecified atom stereocenters. The topological polar surface area (TPSA) is 97.3 Å². The Morgan fingerprint density at radius 2 is 2.42 bits per heavy atom. The first-order chi connectivity index (χ1) is 9.13. The van der Waals surface area contributed by atoms with E-state index < -0.39 is 4.92 Å². The molecule has 1 aromatic rings. The summed E-state index contributed by atoms with van der Waals surface area (Å²) in [7, 11) is 0. The Morgan fingerprint density at radius 3 is 2.95 bits per heavy atom. The van der Waals surface area contributed by atoms with Crippen molar-refractivity contribution in [3.05, 3.63) is 22.2 Å². The lowest BCUT2D eigenvalue weighted by Crippen LogP contribution is -2.38. The molecule has 104 valence electrons. The molecule has 7 heteroatoms. The lowest BCUT2D eigenvalue weighted by atomic mass is 10.2. The third kappa shape index (κ3) is 2.93. The number of hydrogen-bond donors (Lipinski definition) is 2. The lowest BCUT2D eigenvalue weighted by molar-refractivity contribution is -0.384. The van der Waals surface area contributed by atoms with Crippen LogP contribution in [0.2, 0.25) is 0 Å². The number of nitrogens with zero attached hydrogens (tertiary/aromatic N) is 3. The second-order valence-corrected chi connectivity index (χ2v) is 4.67. The van der Waals surface area contributed by atoms with Gasteiger partial charge in [0.25, 0.3) is 0 Å². The second-order valence-electron chi connectivity index (χ2n) is 4.67. The molecule has 1 saturated heterocycles. The zero-order valence-corrected chi connectivity index (χ0v) is 11.0. The van der Waals surface area contributed by atoms with Crippen molar-refractivity contribution in [3.63, 3.8) is 0 Å². The van der Waals surface area contributed by atoms with Crippen LogP contribution in [0.15, 0.2) is 12.1 Å². The smallest absolute Gasteiger partial charge is 0.311 e. The molecule has 1 aromatic heterocycles. The van der Waals surface area contributed by atoms with Crippen LogP contribution < -0.4 is 16.0 Å². The van der Waals surface area contributed by atoms with Gasteiger partial charge in [0.2, 0.25) is 5.82 Å². The normalized spacial score (nSPS) is 18.5. The number of nitro groups is 1. The number of nitrogens with two attached hydrogens (primary N) is 1. The van der Waals surface area contributed by atoms with E-state index in [1.165, 1.54) is 6.07 Å². The van der Waals surface area contributed by atoms with Gasteiger partial charge in [0.15, 0.2) is 0 Å². The summed E-state index contributed by atoms with van der Waals surface area (Å²) in [5.41, 5.74) is 5.53. The van der Waals surface area contributed by atoms with Crippen LogP contribution in [-0.2, 0) is 0 Å². The van der Waals surface area contributed by atoms with Gasteiger partial charge in [-0.3, -0.25) is 10.1 Å². The Hall–Kier alpha value is -1.89. The summed E-state index contributed by atoms with van der Waals surface area (Å²) < 4.78 is 0. The van der Waals surface area contributed by atoms with Gasteiger partial charge in [-0.2, -0.15) is 0 Å². The molecule has 0 aromatic carbocycles. The molecule has 2 rings (SSSR count). The second kappa shape index (κ2) is 5.83. The molecule has 7 nitrogen and oxygen atoms in total. The Kier molecular flexibility index (Phi) is 4.16. The molecule has 2 heterocycles. The van der Waals surface area contributed by atoms with Crippen LogP contribution in [0, 0.1) is 10.1 Å². The highest BCUT2D eigenvalue weighted by Crippen LogP contribution is 2.25. The summed E-state index contributed by atoms with van der Waals surface area (Å²) in [6.07, 6.45) is 2.05. The Balaban J connectivity index is 2.26. The molecule has 0 spiro atoms. The first kappa shape index (κ1) is 13.5. The van der Waals surface area contributed by atoms with E-state index in [0.717, 1.165) is 38.3 Å². The van der Waals surface area contributed by atoms with Gasteiger partial charge < -0.3 is 16.0 Å². The monoisotopic (exact) mass is 265 g/mol. The van der Waals surface area contributed by atoms with Crippen LogP contribution in [0.3, 0.4) is 0 Å². The van der Waals surface area contributed by atoms with Crippen LogP contribution in [0.25, 0.3) is 0 Å². The fourth-order valence-electron chi connectivity index (χ4n) is 2.40. The predicted octanol–water partition coefficient (Wildman–Crippen LogP) is 1.15. The predicted molar refractivity (Wildman–Crippen MR) is 74.2 cm³/mol. The Bertz CT molecular complexity index is 459. The minimum absolute atomic E-state index is 0.0189. The summed E-state index contributed by atoms with van der Waals surface area (Å²) in [6.45, 7) is 4.88.